The molecule has 1 aromatic rings. The van der Waals surface area contributed by atoms with Gasteiger partial charge in [-0.3, -0.25) is 4.79 Å². The summed E-state index contributed by atoms with van der Waals surface area (Å²) in [5.74, 6) is -1.03. The normalized spacial score (nSPS) is 20.4. The minimum Gasteiger partial charge on any atom is -0.486 e. The maximum atomic E-state index is 13.8. The van der Waals surface area contributed by atoms with Crippen LogP contribution in [0.2, 0.25) is 0 Å². The molecule has 0 saturated heterocycles. The van der Waals surface area contributed by atoms with Crippen molar-refractivity contribution in [1.29, 1.82) is 0 Å². The Balaban J connectivity index is 2.14. The second-order valence-corrected chi connectivity index (χ2v) is 5.40. The molecule has 0 aromatic heterocycles. The molecule has 1 N–H and O–H groups in total. The lowest BCUT2D eigenvalue weighted by atomic mass is 9.69. The third-order valence-electron chi connectivity index (χ3n) is 4.27. The highest BCUT2D eigenvalue weighted by Gasteiger charge is 2.44. The summed E-state index contributed by atoms with van der Waals surface area (Å²) in [4.78, 5) is 11.9. The van der Waals surface area contributed by atoms with E-state index in [9.17, 15) is 14.3 Å². The molecule has 0 spiro atoms. The van der Waals surface area contributed by atoms with Crippen molar-refractivity contribution >= 4 is 5.97 Å². The number of carboxylic acids is 1. The standard InChI is InChI=1S/C15H17FO4/c16-11-5-4-10(12-13(11)20-9-8-19-12)15(14(17)18)6-2-1-3-7-15/h4-5H,1-3,6-9H2,(H,17,18). The molecule has 2 aliphatic rings. The highest BCUT2D eigenvalue weighted by molar-refractivity contribution is 5.83. The second kappa shape index (κ2) is 4.96. The summed E-state index contributed by atoms with van der Waals surface area (Å²) in [6, 6.07) is 2.82. The van der Waals surface area contributed by atoms with Gasteiger partial charge in [0, 0.05) is 5.56 Å². The predicted molar refractivity (Wildman–Crippen MR) is 69.8 cm³/mol. The summed E-state index contributed by atoms with van der Waals surface area (Å²) in [5.41, 5.74) is -0.419. The van der Waals surface area contributed by atoms with Gasteiger partial charge < -0.3 is 14.6 Å². The highest BCUT2D eigenvalue weighted by Crippen LogP contribution is 2.48. The smallest absolute Gasteiger partial charge is 0.314 e. The van der Waals surface area contributed by atoms with Crippen LogP contribution in [0.1, 0.15) is 37.7 Å². The Bertz CT molecular complexity index is 535. The fourth-order valence-corrected chi connectivity index (χ4v) is 3.23. The molecule has 108 valence electrons. The largest absolute Gasteiger partial charge is 0.486 e. The second-order valence-electron chi connectivity index (χ2n) is 5.40. The van der Waals surface area contributed by atoms with Gasteiger partial charge in [0.25, 0.3) is 0 Å². The predicted octanol–water partition coefficient (Wildman–Crippen LogP) is 2.88. The average molecular weight is 280 g/mol. The lowest BCUT2D eigenvalue weighted by Gasteiger charge is -2.36. The number of ether oxygens (including phenoxy) is 2. The van der Waals surface area contributed by atoms with Crippen LogP contribution in [0.4, 0.5) is 4.39 Å². The molecule has 5 heteroatoms. The third-order valence-corrected chi connectivity index (χ3v) is 4.27. The van der Waals surface area contributed by atoms with Gasteiger partial charge >= 0.3 is 5.97 Å². The van der Waals surface area contributed by atoms with Crippen LogP contribution in [0.25, 0.3) is 0 Å². The molecule has 1 fully saturated rings. The average Bonchev–Trinajstić information content (AvgIpc) is 2.48. The van der Waals surface area contributed by atoms with Gasteiger partial charge in [0.1, 0.15) is 13.2 Å². The van der Waals surface area contributed by atoms with Crippen LogP contribution in [0.5, 0.6) is 11.5 Å². The quantitative estimate of drug-likeness (QED) is 0.905. The first-order chi connectivity index (χ1) is 9.65. The van der Waals surface area contributed by atoms with Crippen molar-refractivity contribution in [2.24, 2.45) is 0 Å². The van der Waals surface area contributed by atoms with Gasteiger partial charge in [-0.25, -0.2) is 4.39 Å². The van der Waals surface area contributed by atoms with E-state index in [0.29, 0.717) is 25.0 Å². The van der Waals surface area contributed by atoms with Crippen LogP contribution in [0, 0.1) is 5.82 Å². The maximum absolute atomic E-state index is 13.8. The molecule has 1 aliphatic carbocycles. The van der Waals surface area contributed by atoms with Crippen LogP contribution in [0.3, 0.4) is 0 Å². The fraction of sp³-hybridized carbons (Fsp3) is 0.533. The molecule has 3 rings (SSSR count). The van der Waals surface area contributed by atoms with E-state index in [1.807, 2.05) is 0 Å². The molecule has 0 atom stereocenters. The summed E-state index contributed by atoms with van der Waals surface area (Å²) >= 11 is 0. The molecule has 0 bridgehead atoms. The van der Waals surface area contributed by atoms with Crippen molar-refractivity contribution < 1.29 is 23.8 Å². The van der Waals surface area contributed by atoms with E-state index in [2.05, 4.69) is 0 Å². The number of rotatable bonds is 2. The molecule has 20 heavy (non-hydrogen) atoms. The zero-order chi connectivity index (χ0) is 14.2. The number of halogens is 1. The van der Waals surface area contributed by atoms with E-state index in [4.69, 9.17) is 9.47 Å². The molecule has 0 amide bonds. The van der Waals surface area contributed by atoms with Crippen molar-refractivity contribution in [1.82, 2.24) is 0 Å². The van der Waals surface area contributed by atoms with Crippen molar-refractivity contribution in [2.75, 3.05) is 13.2 Å². The first-order valence-electron chi connectivity index (χ1n) is 6.97. The van der Waals surface area contributed by atoms with Crippen LogP contribution >= 0.6 is 0 Å². The highest BCUT2D eigenvalue weighted by atomic mass is 19.1. The molecule has 1 saturated carbocycles. The summed E-state index contributed by atoms with van der Waals surface area (Å²) in [5, 5.41) is 9.72. The Morgan fingerprint density at radius 2 is 1.75 bits per heavy atom. The number of aliphatic carboxylic acids is 1. The Hall–Kier alpha value is -1.78. The molecule has 0 radical (unpaired) electrons. The molecule has 1 aromatic carbocycles. The van der Waals surface area contributed by atoms with Gasteiger partial charge in [-0.05, 0) is 18.9 Å². The zero-order valence-corrected chi connectivity index (χ0v) is 11.2. The number of hydrogen-bond acceptors (Lipinski definition) is 3. The van der Waals surface area contributed by atoms with E-state index in [1.54, 1.807) is 6.07 Å². The van der Waals surface area contributed by atoms with Gasteiger partial charge in [-0.15, -0.1) is 0 Å². The molecular weight excluding hydrogens is 263 g/mol. The van der Waals surface area contributed by atoms with Crippen molar-refractivity contribution in [3.05, 3.63) is 23.5 Å². The number of fused-ring (bicyclic) bond motifs is 1. The minimum absolute atomic E-state index is 0.0555. The van der Waals surface area contributed by atoms with Crippen LogP contribution in [-0.2, 0) is 10.2 Å². The number of hydrogen-bond donors (Lipinski definition) is 1. The lowest BCUT2D eigenvalue weighted by Crippen LogP contribution is -2.38. The Kier molecular flexibility index (Phi) is 3.28. The van der Waals surface area contributed by atoms with E-state index in [1.165, 1.54) is 6.07 Å². The zero-order valence-electron chi connectivity index (χ0n) is 11.2. The summed E-state index contributed by atoms with van der Waals surface area (Å²) in [6.45, 7) is 0.604. The minimum atomic E-state index is -0.975. The van der Waals surface area contributed by atoms with Gasteiger partial charge in [-0.2, -0.15) is 0 Å². The summed E-state index contributed by atoms with van der Waals surface area (Å²) in [7, 11) is 0. The van der Waals surface area contributed by atoms with Gasteiger partial charge in [0.05, 0.1) is 5.41 Å². The Morgan fingerprint density at radius 1 is 1.10 bits per heavy atom. The van der Waals surface area contributed by atoms with E-state index in [0.717, 1.165) is 19.3 Å². The number of carboxylic acid groups (broad SMARTS) is 1. The third kappa shape index (κ3) is 1.92. The maximum Gasteiger partial charge on any atom is 0.314 e. The lowest BCUT2D eigenvalue weighted by molar-refractivity contribution is -0.145. The molecular formula is C15H17FO4. The number of benzene rings is 1. The van der Waals surface area contributed by atoms with Gasteiger partial charge in [0.2, 0.25) is 0 Å². The Labute approximate surface area is 116 Å². The molecule has 1 aliphatic heterocycles. The molecule has 1 heterocycles. The summed E-state index contributed by atoms with van der Waals surface area (Å²) < 4.78 is 24.6. The molecule has 0 unspecified atom stereocenters. The number of carbonyl (C=O) groups is 1. The monoisotopic (exact) mass is 280 g/mol. The first kappa shape index (κ1) is 13.2. The summed E-state index contributed by atoms with van der Waals surface area (Å²) in [6.07, 6.45) is 3.88. The van der Waals surface area contributed by atoms with E-state index >= 15 is 0 Å². The fourth-order valence-electron chi connectivity index (χ4n) is 3.23. The van der Waals surface area contributed by atoms with Crippen LogP contribution in [-0.4, -0.2) is 24.3 Å². The Morgan fingerprint density at radius 3 is 2.40 bits per heavy atom. The van der Waals surface area contributed by atoms with Crippen LogP contribution in [0.15, 0.2) is 12.1 Å². The van der Waals surface area contributed by atoms with Crippen molar-refractivity contribution in [2.45, 2.75) is 37.5 Å². The van der Waals surface area contributed by atoms with Crippen LogP contribution < -0.4 is 9.47 Å². The van der Waals surface area contributed by atoms with Crippen molar-refractivity contribution in [3.63, 3.8) is 0 Å². The first-order valence-corrected chi connectivity index (χ1v) is 6.97. The van der Waals surface area contributed by atoms with Gasteiger partial charge in [0.15, 0.2) is 17.3 Å². The van der Waals surface area contributed by atoms with E-state index in [-0.39, 0.29) is 18.1 Å². The molecule has 4 nitrogen and oxygen atoms in total. The SMILES string of the molecule is O=C(O)C1(c2ccc(F)c3c2OCCO3)CCCCC1. The topological polar surface area (TPSA) is 55.8 Å². The van der Waals surface area contributed by atoms with E-state index < -0.39 is 17.2 Å². The van der Waals surface area contributed by atoms with Crippen molar-refractivity contribution in [3.8, 4) is 11.5 Å². The van der Waals surface area contributed by atoms with Gasteiger partial charge in [-0.1, -0.05) is 25.3 Å².